The van der Waals surface area contributed by atoms with Crippen LogP contribution in [0, 0.1) is 12.7 Å². The molecule has 3 aromatic heterocycles. The molecule has 2 aromatic carbocycles. The summed E-state index contributed by atoms with van der Waals surface area (Å²) < 4.78 is 33.5. The Bertz CT molecular complexity index is 1510. The van der Waals surface area contributed by atoms with Gasteiger partial charge in [-0.3, -0.25) is 0 Å². The van der Waals surface area contributed by atoms with Crippen LogP contribution in [0.3, 0.4) is 0 Å². The van der Waals surface area contributed by atoms with Crippen molar-refractivity contribution in [3.8, 4) is 23.0 Å². The molecule has 0 aliphatic carbocycles. The molecule has 0 spiro atoms. The van der Waals surface area contributed by atoms with Crippen LogP contribution in [0.4, 0.5) is 10.1 Å². The van der Waals surface area contributed by atoms with E-state index in [1.54, 1.807) is 7.11 Å². The molecule has 0 amide bonds. The number of halogens is 1. The maximum atomic E-state index is 13.4. The topological polar surface area (TPSA) is 52.1 Å². The molecule has 6 nitrogen and oxygen atoms in total. The van der Waals surface area contributed by atoms with Gasteiger partial charge in [0.1, 0.15) is 40.8 Å². The first kappa shape index (κ1) is 21.5. The zero-order chi connectivity index (χ0) is 23.9. The molecule has 0 N–H and O–H groups in total. The lowest BCUT2D eigenvalue weighted by Gasteiger charge is -2.27. The Morgan fingerprint density at radius 1 is 1.09 bits per heavy atom. The van der Waals surface area contributed by atoms with E-state index >= 15 is 0 Å². The van der Waals surface area contributed by atoms with Gasteiger partial charge >= 0.3 is 0 Å². The van der Waals surface area contributed by atoms with E-state index in [1.165, 1.54) is 12.1 Å². The van der Waals surface area contributed by atoms with E-state index in [2.05, 4.69) is 11.8 Å². The van der Waals surface area contributed by atoms with E-state index in [4.69, 9.17) is 18.9 Å². The summed E-state index contributed by atoms with van der Waals surface area (Å²) in [7, 11) is 1.63. The number of fused-ring (bicyclic) bond motifs is 2. The van der Waals surface area contributed by atoms with Crippen LogP contribution in [0.2, 0.25) is 0 Å². The normalized spacial score (nSPS) is 15.9. The summed E-state index contributed by atoms with van der Waals surface area (Å²) in [5, 5.41) is 0.875. The number of hydrogen-bond donors (Lipinski definition) is 0. The number of furan rings is 1. The predicted octanol–water partition coefficient (Wildman–Crippen LogP) is 6.25. The van der Waals surface area contributed by atoms with Crippen LogP contribution in [-0.2, 0) is 0 Å². The first-order valence-electron chi connectivity index (χ1n) is 11.8. The second-order valence-corrected chi connectivity index (χ2v) is 9.02. The summed E-state index contributed by atoms with van der Waals surface area (Å²) in [6.45, 7) is 3.49. The van der Waals surface area contributed by atoms with Gasteiger partial charge in [-0.15, -0.1) is 0 Å². The van der Waals surface area contributed by atoms with Gasteiger partial charge in [0.2, 0.25) is 0 Å². The maximum Gasteiger partial charge on any atom is 0.155 e. The van der Waals surface area contributed by atoms with Gasteiger partial charge in [-0.2, -0.15) is 0 Å². The summed E-state index contributed by atoms with van der Waals surface area (Å²) in [6, 6.07) is 16.6. The number of hydrogen-bond acceptors (Lipinski definition) is 5. The minimum absolute atomic E-state index is 0.203. The first-order chi connectivity index (χ1) is 17.1. The van der Waals surface area contributed by atoms with Crippen molar-refractivity contribution in [3.63, 3.8) is 0 Å². The fraction of sp³-hybridized carbons (Fsp3) is 0.250. The third-order valence-corrected chi connectivity index (χ3v) is 6.63. The number of methoxy groups -OCH3 is 1. The van der Waals surface area contributed by atoms with Crippen molar-refractivity contribution < 1.29 is 18.3 Å². The lowest BCUT2D eigenvalue weighted by molar-refractivity contribution is 0.290. The zero-order valence-corrected chi connectivity index (χ0v) is 19.7. The third-order valence-electron chi connectivity index (χ3n) is 6.63. The number of pyridine rings is 1. The van der Waals surface area contributed by atoms with Gasteiger partial charge < -0.3 is 23.2 Å². The molecule has 0 bridgehead atoms. The van der Waals surface area contributed by atoms with Crippen LogP contribution in [-0.4, -0.2) is 35.7 Å². The highest BCUT2D eigenvalue weighted by Crippen LogP contribution is 2.37. The molecule has 1 aliphatic heterocycles. The highest BCUT2D eigenvalue weighted by Gasteiger charge is 2.26. The van der Waals surface area contributed by atoms with Gasteiger partial charge in [-0.25, -0.2) is 9.37 Å². The predicted molar refractivity (Wildman–Crippen MR) is 134 cm³/mol. The Kier molecular flexibility index (Phi) is 5.32. The average molecular weight is 472 g/mol. The van der Waals surface area contributed by atoms with Gasteiger partial charge in [0.25, 0.3) is 0 Å². The molecular formula is C28H26FN3O3. The van der Waals surface area contributed by atoms with Crippen molar-refractivity contribution in [2.75, 3.05) is 25.2 Å². The molecule has 7 heteroatoms. The Morgan fingerprint density at radius 2 is 1.94 bits per heavy atom. The fourth-order valence-electron chi connectivity index (χ4n) is 4.84. The van der Waals surface area contributed by atoms with E-state index in [0.717, 1.165) is 47.4 Å². The zero-order valence-electron chi connectivity index (χ0n) is 19.7. The van der Waals surface area contributed by atoms with Crippen LogP contribution in [0.15, 0.2) is 71.4 Å². The molecule has 4 heterocycles. The largest absolute Gasteiger partial charge is 0.496 e. The number of nitrogens with zero attached hydrogens (tertiary/aromatic N) is 3. The van der Waals surface area contributed by atoms with E-state index in [0.29, 0.717) is 29.4 Å². The van der Waals surface area contributed by atoms with Crippen LogP contribution in [0.5, 0.6) is 11.5 Å². The lowest BCUT2D eigenvalue weighted by Crippen LogP contribution is -2.34. The maximum absolute atomic E-state index is 13.4. The summed E-state index contributed by atoms with van der Waals surface area (Å²) >= 11 is 0. The molecule has 1 fully saturated rings. The number of benzene rings is 2. The third kappa shape index (κ3) is 4.07. The highest BCUT2D eigenvalue weighted by atomic mass is 19.1. The van der Waals surface area contributed by atoms with Crippen molar-refractivity contribution in [3.05, 3.63) is 78.4 Å². The molecule has 1 aliphatic rings. The van der Waals surface area contributed by atoms with Crippen LogP contribution < -0.4 is 14.4 Å². The molecule has 0 saturated carbocycles. The quantitative estimate of drug-likeness (QED) is 0.293. The Balaban J connectivity index is 1.30. The standard InChI is InChI=1S/C28H26FN3O3/c1-18-5-10-28-30-24(16-31(28)15-18)27-14-23-25(12-22(33-2)13-26(23)35-27)34-17-21-4-3-11-32(21)20-8-6-19(29)7-9-20/h5-10,12-16,21H,3-4,11,17H2,1-2H3/t21-/m0/s1. The van der Waals surface area contributed by atoms with Crippen molar-refractivity contribution in [1.82, 2.24) is 9.38 Å². The van der Waals surface area contributed by atoms with E-state index < -0.39 is 0 Å². The van der Waals surface area contributed by atoms with Gasteiger partial charge in [0, 0.05) is 36.8 Å². The second-order valence-electron chi connectivity index (χ2n) is 9.02. The lowest BCUT2D eigenvalue weighted by atomic mass is 10.2. The molecule has 0 radical (unpaired) electrons. The van der Waals surface area contributed by atoms with E-state index in [-0.39, 0.29) is 11.9 Å². The molecule has 5 aromatic rings. The van der Waals surface area contributed by atoms with Gasteiger partial charge in [0.15, 0.2) is 5.76 Å². The Hall–Kier alpha value is -4.00. The van der Waals surface area contributed by atoms with E-state index in [1.807, 2.05) is 59.3 Å². The summed E-state index contributed by atoms with van der Waals surface area (Å²) in [5.74, 6) is 1.82. The molecule has 35 heavy (non-hydrogen) atoms. The van der Waals surface area contributed by atoms with Crippen LogP contribution in [0.25, 0.3) is 28.1 Å². The molecule has 1 saturated heterocycles. The Labute approximate surface area is 202 Å². The highest BCUT2D eigenvalue weighted by molar-refractivity contribution is 5.89. The number of aromatic nitrogens is 2. The summed E-state index contributed by atoms with van der Waals surface area (Å²) in [5.41, 5.74) is 4.48. The van der Waals surface area contributed by atoms with E-state index in [9.17, 15) is 4.39 Å². The number of imidazole rings is 1. The Morgan fingerprint density at radius 3 is 2.77 bits per heavy atom. The monoisotopic (exact) mass is 471 g/mol. The number of anilines is 1. The summed E-state index contributed by atoms with van der Waals surface area (Å²) in [4.78, 5) is 7.00. The molecular weight excluding hydrogens is 445 g/mol. The van der Waals surface area contributed by atoms with Gasteiger partial charge in [-0.1, -0.05) is 6.07 Å². The fourth-order valence-corrected chi connectivity index (χ4v) is 4.84. The number of rotatable bonds is 6. The molecule has 6 rings (SSSR count). The second kappa shape index (κ2) is 8.65. The molecule has 0 unspecified atom stereocenters. The van der Waals surface area contributed by atoms with Crippen LogP contribution in [0.1, 0.15) is 18.4 Å². The minimum Gasteiger partial charge on any atom is -0.496 e. The van der Waals surface area contributed by atoms with Crippen LogP contribution >= 0.6 is 0 Å². The average Bonchev–Trinajstić information content (AvgIpc) is 3.60. The van der Waals surface area contributed by atoms with Crippen molar-refractivity contribution >= 4 is 22.3 Å². The summed E-state index contributed by atoms with van der Waals surface area (Å²) in [6.07, 6.45) is 6.10. The first-order valence-corrected chi connectivity index (χ1v) is 11.8. The van der Waals surface area contributed by atoms with Crippen molar-refractivity contribution in [2.45, 2.75) is 25.8 Å². The SMILES string of the molecule is COc1cc(OC[C@@H]2CCCN2c2ccc(F)cc2)c2cc(-c3cn4cc(C)ccc4n3)oc2c1. The van der Waals surface area contributed by atoms with Gasteiger partial charge in [-0.05, 0) is 61.7 Å². The minimum atomic E-state index is -0.226. The number of ether oxygens (including phenoxy) is 2. The van der Waals surface area contributed by atoms with Gasteiger partial charge in [0.05, 0.1) is 18.5 Å². The van der Waals surface area contributed by atoms with Crippen molar-refractivity contribution in [2.24, 2.45) is 0 Å². The van der Waals surface area contributed by atoms with Crippen molar-refractivity contribution in [1.29, 1.82) is 0 Å². The molecule has 178 valence electrons. The smallest absolute Gasteiger partial charge is 0.155 e. The number of aryl methyl sites for hydroxylation is 1. The molecule has 1 atom stereocenters.